The third-order valence-corrected chi connectivity index (χ3v) is 3.92. The molecule has 1 fully saturated rings. The van der Waals surface area contributed by atoms with Crippen LogP contribution in [0.5, 0.6) is 0 Å². The highest BCUT2D eigenvalue weighted by atomic mass is 16.6. The summed E-state index contributed by atoms with van der Waals surface area (Å²) in [5.74, 6) is 0.290. The second kappa shape index (κ2) is 8.06. The number of hydrogen-bond acceptors (Lipinski definition) is 3. The molecule has 0 aromatic carbocycles. The summed E-state index contributed by atoms with van der Waals surface area (Å²) in [6.45, 7) is 4.58. The van der Waals surface area contributed by atoms with E-state index in [0.717, 1.165) is 19.3 Å². The first-order valence-corrected chi connectivity index (χ1v) is 7.18. The SMILES string of the molecule is CCCCCCC1CCC(C(O)OCC)C1O. The molecule has 3 heteroatoms. The summed E-state index contributed by atoms with van der Waals surface area (Å²) in [6, 6.07) is 0. The lowest BCUT2D eigenvalue weighted by Gasteiger charge is -2.23. The molecule has 4 atom stereocenters. The smallest absolute Gasteiger partial charge is 0.159 e. The van der Waals surface area contributed by atoms with Gasteiger partial charge in [0.05, 0.1) is 6.10 Å². The van der Waals surface area contributed by atoms with Gasteiger partial charge in [0.1, 0.15) is 0 Å². The maximum Gasteiger partial charge on any atom is 0.159 e. The van der Waals surface area contributed by atoms with Gasteiger partial charge in [-0.1, -0.05) is 32.6 Å². The maximum absolute atomic E-state index is 10.2. The van der Waals surface area contributed by atoms with E-state index in [9.17, 15) is 10.2 Å². The third-order valence-electron chi connectivity index (χ3n) is 3.92. The van der Waals surface area contributed by atoms with Gasteiger partial charge in [0.2, 0.25) is 0 Å². The van der Waals surface area contributed by atoms with E-state index in [-0.39, 0.29) is 12.0 Å². The zero-order valence-corrected chi connectivity index (χ0v) is 11.3. The highest BCUT2D eigenvalue weighted by Gasteiger charge is 2.38. The van der Waals surface area contributed by atoms with Crippen molar-refractivity contribution >= 4 is 0 Å². The average Bonchev–Trinajstić information content (AvgIpc) is 2.67. The van der Waals surface area contributed by atoms with E-state index in [4.69, 9.17) is 4.74 Å². The maximum atomic E-state index is 10.2. The van der Waals surface area contributed by atoms with Crippen molar-refractivity contribution in [2.45, 2.75) is 71.2 Å². The first kappa shape index (κ1) is 14.9. The largest absolute Gasteiger partial charge is 0.392 e. The predicted molar refractivity (Wildman–Crippen MR) is 68.6 cm³/mol. The molecule has 1 aliphatic rings. The van der Waals surface area contributed by atoms with Crippen LogP contribution in [0.25, 0.3) is 0 Å². The van der Waals surface area contributed by atoms with E-state index in [2.05, 4.69) is 6.92 Å². The molecule has 0 heterocycles. The van der Waals surface area contributed by atoms with E-state index >= 15 is 0 Å². The summed E-state index contributed by atoms with van der Waals surface area (Å²) in [7, 11) is 0. The van der Waals surface area contributed by atoms with Gasteiger partial charge in [0.25, 0.3) is 0 Å². The van der Waals surface area contributed by atoms with Crippen molar-refractivity contribution in [3.05, 3.63) is 0 Å². The van der Waals surface area contributed by atoms with Crippen molar-refractivity contribution in [2.75, 3.05) is 6.61 Å². The van der Waals surface area contributed by atoms with Crippen molar-refractivity contribution in [1.29, 1.82) is 0 Å². The molecule has 0 saturated heterocycles. The number of unbranched alkanes of at least 4 members (excludes halogenated alkanes) is 3. The molecule has 0 aliphatic heterocycles. The number of rotatable bonds is 8. The molecule has 1 rings (SSSR count). The van der Waals surface area contributed by atoms with E-state index in [1.807, 2.05) is 6.92 Å². The minimum absolute atomic E-state index is 0.0777. The van der Waals surface area contributed by atoms with Crippen LogP contribution >= 0.6 is 0 Å². The zero-order chi connectivity index (χ0) is 12.7. The Morgan fingerprint density at radius 2 is 1.94 bits per heavy atom. The second-order valence-corrected chi connectivity index (χ2v) is 5.19. The summed E-state index contributed by atoms with van der Waals surface area (Å²) < 4.78 is 5.18. The van der Waals surface area contributed by atoms with Crippen LogP contribution in [0.1, 0.15) is 58.8 Å². The minimum Gasteiger partial charge on any atom is -0.392 e. The molecule has 0 amide bonds. The van der Waals surface area contributed by atoms with Gasteiger partial charge in [-0.2, -0.15) is 0 Å². The Morgan fingerprint density at radius 3 is 2.59 bits per heavy atom. The summed E-state index contributed by atoms with van der Waals surface area (Å²) in [5.41, 5.74) is 0. The molecule has 1 aliphatic carbocycles. The van der Waals surface area contributed by atoms with Gasteiger partial charge in [0, 0.05) is 12.5 Å². The zero-order valence-electron chi connectivity index (χ0n) is 11.3. The molecule has 2 N–H and O–H groups in total. The van der Waals surface area contributed by atoms with Crippen molar-refractivity contribution < 1.29 is 14.9 Å². The number of ether oxygens (including phenoxy) is 1. The molecular weight excluding hydrogens is 216 g/mol. The van der Waals surface area contributed by atoms with Gasteiger partial charge < -0.3 is 14.9 Å². The Hall–Kier alpha value is -0.120. The lowest BCUT2D eigenvalue weighted by Crippen LogP contribution is -2.32. The van der Waals surface area contributed by atoms with Crippen LogP contribution in [-0.2, 0) is 4.74 Å². The van der Waals surface area contributed by atoms with Gasteiger partial charge in [-0.25, -0.2) is 0 Å². The first-order valence-electron chi connectivity index (χ1n) is 7.18. The summed E-state index contributed by atoms with van der Waals surface area (Å²) >= 11 is 0. The van der Waals surface area contributed by atoms with Crippen LogP contribution in [-0.4, -0.2) is 29.2 Å². The molecule has 3 nitrogen and oxygen atoms in total. The fraction of sp³-hybridized carbons (Fsp3) is 1.00. The molecule has 0 aromatic rings. The molecule has 0 aromatic heterocycles. The van der Waals surface area contributed by atoms with E-state index in [1.165, 1.54) is 25.7 Å². The highest BCUT2D eigenvalue weighted by molar-refractivity contribution is 4.86. The van der Waals surface area contributed by atoms with Crippen LogP contribution in [0, 0.1) is 11.8 Å². The van der Waals surface area contributed by atoms with Gasteiger partial charge in [-0.3, -0.25) is 0 Å². The minimum atomic E-state index is -0.782. The third kappa shape index (κ3) is 4.57. The van der Waals surface area contributed by atoms with E-state index in [0.29, 0.717) is 12.5 Å². The number of aliphatic hydroxyl groups is 2. The van der Waals surface area contributed by atoms with Crippen LogP contribution < -0.4 is 0 Å². The van der Waals surface area contributed by atoms with E-state index < -0.39 is 6.29 Å². The Bertz CT molecular complexity index is 196. The lowest BCUT2D eigenvalue weighted by atomic mass is 9.95. The highest BCUT2D eigenvalue weighted by Crippen LogP contribution is 2.36. The molecule has 0 radical (unpaired) electrons. The second-order valence-electron chi connectivity index (χ2n) is 5.19. The topological polar surface area (TPSA) is 49.7 Å². The number of hydrogen-bond donors (Lipinski definition) is 2. The van der Waals surface area contributed by atoms with Gasteiger partial charge >= 0.3 is 0 Å². The molecule has 0 bridgehead atoms. The molecular formula is C14H28O3. The van der Waals surface area contributed by atoms with Crippen molar-refractivity contribution in [2.24, 2.45) is 11.8 Å². The lowest BCUT2D eigenvalue weighted by molar-refractivity contribution is -0.151. The van der Waals surface area contributed by atoms with Gasteiger partial charge in [-0.05, 0) is 32.1 Å². The Balaban J connectivity index is 2.26. The molecule has 0 spiro atoms. The van der Waals surface area contributed by atoms with Gasteiger partial charge in [0.15, 0.2) is 6.29 Å². The fourth-order valence-electron chi connectivity index (χ4n) is 2.85. The van der Waals surface area contributed by atoms with E-state index in [1.54, 1.807) is 0 Å². The van der Waals surface area contributed by atoms with Crippen LogP contribution in [0.4, 0.5) is 0 Å². The van der Waals surface area contributed by atoms with Crippen LogP contribution in [0.3, 0.4) is 0 Å². The molecule has 4 unspecified atom stereocenters. The number of aliphatic hydroxyl groups excluding tert-OH is 2. The molecule has 102 valence electrons. The Labute approximate surface area is 105 Å². The monoisotopic (exact) mass is 244 g/mol. The van der Waals surface area contributed by atoms with Crippen LogP contribution in [0.15, 0.2) is 0 Å². The molecule has 17 heavy (non-hydrogen) atoms. The standard InChI is InChI=1S/C14H28O3/c1-3-5-6-7-8-11-9-10-12(13(11)15)14(16)17-4-2/h11-16H,3-10H2,1-2H3. The van der Waals surface area contributed by atoms with Crippen molar-refractivity contribution in [1.82, 2.24) is 0 Å². The summed E-state index contributed by atoms with van der Waals surface area (Å²) in [5, 5.41) is 19.9. The summed E-state index contributed by atoms with van der Waals surface area (Å²) in [4.78, 5) is 0. The van der Waals surface area contributed by atoms with Gasteiger partial charge in [-0.15, -0.1) is 0 Å². The van der Waals surface area contributed by atoms with Crippen molar-refractivity contribution in [3.8, 4) is 0 Å². The van der Waals surface area contributed by atoms with Crippen molar-refractivity contribution in [3.63, 3.8) is 0 Å². The van der Waals surface area contributed by atoms with Crippen LogP contribution in [0.2, 0.25) is 0 Å². The molecule has 1 saturated carbocycles. The quantitative estimate of drug-likeness (QED) is 0.510. The average molecular weight is 244 g/mol. The summed E-state index contributed by atoms with van der Waals surface area (Å²) in [6.07, 6.45) is 6.85. The fourth-order valence-corrected chi connectivity index (χ4v) is 2.85. The Kier molecular flexibility index (Phi) is 7.09. The first-order chi connectivity index (χ1) is 8.20. The predicted octanol–water partition coefficient (Wildman–Crippen LogP) is 2.70. The normalized spacial score (nSPS) is 30.7. The Morgan fingerprint density at radius 1 is 1.18 bits per heavy atom.